The van der Waals surface area contributed by atoms with Crippen LogP contribution in [0.3, 0.4) is 0 Å². The van der Waals surface area contributed by atoms with Crippen molar-refractivity contribution in [2.45, 2.75) is 33.1 Å². The molecule has 40 heavy (non-hydrogen) atoms. The number of benzene rings is 2. The first-order chi connectivity index (χ1) is 19.2. The lowest BCUT2D eigenvalue weighted by molar-refractivity contribution is -0.384. The molecule has 11 heteroatoms. The van der Waals surface area contributed by atoms with E-state index in [4.69, 9.17) is 14.5 Å². The van der Waals surface area contributed by atoms with Gasteiger partial charge in [-0.1, -0.05) is 18.2 Å². The lowest BCUT2D eigenvalue weighted by Gasteiger charge is -2.23. The zero-order chi connectivity index (χ0) is 28.4. The molecule has 2 aromatic heterocycles. The van der Waals surface area contributed by atoms with Crippen LogP contribution in [0, 0.1) is 10.1 Å². The van der Waals surface area contributed by atoms with Crippen molar-refractivity contribution in [2.75, 3.05) is 51.1 Å². The van der Waals surface area contributed by atoms with Crippen molar-refractivity contribution in [1.29, 1.82) is 0 Å². The SMILES string of the molecule is CC(C)Oc1cc(N(C)CCN(C)C)c([N+](=O)[O-])cc1Nc1nccc(-c2c3n(c4ccccc24)CCOC3)n1. The largest absolute Gasteiger partial charge is 0.489 e. The molecule has 0 bridgehead atoms. The molecule has 5 rings (SSSR count). The molecule has 1 aliphatic rings. The van der Waals surface area contributed by atoms with E-state index in [2.05, 4.69) is 27.0 Å². The Kier molecular flexibility index (Phi) is 7.85. The van der Waals surface area contributed by atoms with Gasteiger partial charge in [0.2, 0.25) is 5.95 Å². The smallest absolute Gasteiger partial charge is 0.294 e. The number of aromatic nitrogens is 3. The van der Waals surface area contributed by atoms with Crippen molar-refractivity contribution in [1.82, 2.24) is 19.4 Å². The Morgan fingerprint density at radius 3 is 2.73 bits per heavy atom. The molecule has 4 aromatic rings. The molecule has 0 fully saturated rings. The second-order valence-electron chi connectivity index (χ2n) is 10.4. The third-order valence-electron chi connectivity index (χ3n) is 6.86. The first-order valence-electron chi connectivity index (χ1n) is 13.4. The van der Waals surface area contributed by atoms with Crippen LogP contribution in [0.15, 0.2) is 48.7 Å². The second kappa shape index (κ2) is 11.5. The topological polar surface area (TPSA) is 111 Å². The molecule has 2 aromatic carbocycles. The summed E-state index contributed by atoms with van der Waals surface area (Å²) in [6, 6.07) is 13.3. The molecule has 1 aliphatic heterocycles. The van der Waals surface area contributed by atoms with Gasteiger partial charge in [-0.05, 0) is 40.1 Å². The average Bonchev–Trinajstić information content (AvgIpc) is 3.26. The van der Waals surface area contributed by atoms with Gasteiger partial charge in [0.15, 0.2) is 0 Å². The predicted octanol–water partition coefficient (Wildman–Crippen LogP) is 5.07. The van der Waals surface area contributed by atoms with Gasteiger partial charge >= 0.3 is 0 Å². The number of fused-ring (bicyclic) bond motifs is 3. The maximum Gasteiger partial charge on any atom is 0.294 e. The van der Waals surface area contributed by atoms with Crippen molar-refractivity contribution < 1.29 is 14.4 Å². The fraction of sp³-hybridized carbons (Fsp3) is 0.379. The normalized spacial score (nSPS) is 13.1. The minimum atomic E-state index is -0.372. The number of nitrogens with zero attached hydrogens (tertiary/aromatic N) is 6. The van der Waals surface area contributed by atoms with Crippen LogP contribution in [0.4, 0.5) is 23.0 Å². The van der Waals surface area contributed by atoms with E-state index in [-0.39, 0.29) is 16.7 Å². The number of nitro groups is 1. The fourth-order valence-corrected chi connectivity index (χ4v) is 4.98. The zero-order valence-corrected chi connectivity index (χ0v) is 23.5. The summed E-state index contributed by atoms with van der Waals surface area (Å²) in [6.07, 6.45) is 1.54. The lowest BCUT2D eigenvalue weighted by Crippen LogP contribution is -2.29. The molecule has 11 nitrogen and oxygen atoms in total. The Bertz CT molecular complexity index is 1530. The molecule has 0 saturated heterocycles. The predicted molar refractivity (Wildman–Crippen MR) is 157 cm³/mol. The molecule has 0 atom stereocenters. The second-order valence-corrected chi connectivity index (χ2v) is 10.4. The van der Waals surface area contributed by atoms with Crippen molar-refractivity contribution in [3.8, 4) is 17.0 Å². The van der Waals surface area contributed by atoms with E-state index < -0.39 is 0 Å². The Morgan fingerprint density at radius 2 is 1.98 bits per heavy atom. The summed E-state index contributed by atoms with van der Waals surface area (Å²) in [7, 11) is 5.78. The molecular weight excluding hydrogens is 510 g/mol. The van der Waals surface area contributed by atoms with Crippen LogP contribution in [0.2, 0.25) is 0 Å². The van der Waals surface area contributed by atoms with Gasteiger partial charge in [0.05, 0.1) is 41.3 Å². The van der Waals surface area contributed by atoms with Gasteiger partial charge in [0.25, 0.3) is 5.69 Å². The minimum absolute atomic E-state index is 0.0272. The molecule has 0 saturated carbocycles. The summed E-state index contributed by atoms with van der Waals surface area (Å²) in [5.41, 5.74) is 4.84. The van der Waals surface area contributed by atoms with Gasteiger partial charge < -0.3 is 29.2 Å². The van der Waals surface area contributed by atoms with Crippen LogP contribution < -0.4 is 15.0 Å². The van der Waals surface area contributed by atoms with Crippen molar-refractivity contribution in [3.63, 3.8) is 0 Å². The molecule has 0 spiro atoms. The number of anilines is 3. The van der Waals surface area contributed by atoms with E-state index in [0.29, 0.717) is 42.8 Å². The number of hydrogen-bond donors (Lipinski definition) is 1. The van der Waals surface area contributed by atoms with Gasteiger partial charge in [-0.3, -0.25) is 10.1 Å². The average molecular weight is 546 g/mol. The molecule has 0 unspecified atom stereocenters. The third-order valence-corrected chi connectivity index (χ3v) is 6.86. The number of likely N-dealkylation sites (N-methyl/N-ethyl adjacent to an activating group) is 2. The van der Waals surface area contributed by atoms with Gasteiger partial charge in [0, 0.05) is 61.5 Å². The van der Waals surface area contributed by atoms with E-state index >= 15 is 0 Å². The Hall–Kier alpha value is -4.22. The first kappa shape index (κ1) is 27.4. The number of nitrogens with one attached hydrogen (secondary N) is 1. The number of ether oxygens (including phenoxy) is 2. The van der Waals surface area contributed by atoms with E-state index in [1.54, 1.807) is 12.3 Å². The standard InChI is InChI=1S/C29H35N7O4/c1-19(2)40-27-17-24(34(5)13-12-33(3)4)25(36(37)38)16-22(27)32-29-30-11-10-21(31-29)28-20-8-6-7-9-23(20)35-14-15-39-18-26(28)35/h6-11,16-17,19H,12-15,18H2,1-5H3,(H,30,31,32). The number of rotatable bonds is 10. The quantitative estimate of drug-likeness (QED) is 0.216. The summed E-state index contributed by atoms with van der Waals surface area (Å²) in [5.74, 6) is 0.802. The number of nitro benzene ring substituents is 1. The van der Waals surface area contributed by atoms with E-state index in [9.17, 15) is 10.1 Å². The van der Waals surface area contributed by atoms with Gasteiger partial charge in [-0.2, -0.15) is 0 Å². The highest BCUT2D eigenvalue weighted by Crippen LogP contribution is 2.40. The van der Waals surface area contributed by atoms with Crippen LogP contribution in [-0.4, -0.2) is 71.3 Å². The summed E-state index contributed by atoms with van der Waals surface area (Å²) in [4.78, 5) is 24.9. The van der Waals surface area contributed by atoms with Crippen molar-refractivity contribution >= 4 is 33.9 Å². The van der Waals surface area contributed by atoms with Crippen molar-refractivity contribution in [2.24, 2.45) is 0 Å². The van der Waals surface area contributed by atoms with Crippen molar-refractivity contribution in [3.05, 3.63) is 64.5 Å². The monoisotopic (exact) mass is 545 g/mol. The Morgan fingerprint density at radius 1 is 1.18 bits per heavy atom. The molecule has 210 valence electrons. The molecule has 3 heterocycles. The summed E-state index contributed by atoms with van der Waals surface area (Å²) >= 11 is 0. The van der Waals surface area contributed by atoms with Crippen LogP contribution in [0.5, 0.6) is 5.75 Å². The Balaban J connectivity index is 1.55. The maximum atomic E-state index is 12.1. The lowest BCUT2D eigenvalue weighted by atomic mass is 10.1. The van der Waals surface area contributed by atoms with E-state index in [0.717, 1.165) is 40.9 Å². The zero-order valence-electron chi connectivity index (χ0n) is 23.5. The molecule has 0 radical (unpaired) electrons. The van der Waals surface area contributed by atoms with Gasteiger partial charge in [0.1, 0.15) is 11.4 Å². The van der Waals surface area contributed by atoms with Crippen LogP contribution in [0.25, 0.3) is 22.2 Å². The van der Waals surface area contributed by atoms with Gasteiger partial charge in [-0.25, -0.2) is 9.97 Å². The number of hydrogen-bond acceptors (Lipinski definition) is 9. The van der Waals surface area contributed by atoms with Crippen LogP contribution in [-0.2, 0) is 17.9 Å². The maximum absolute atomic E-state index is 12.1. The summed E-state index contributed by atoms with van der Waals surface area (Å²) < 4.78 is 14.2. The highest BCUT2D eigenvalue weighted by Gasteiger charge is 2.25. The molecule has 0 amide bonds. The van der Waals surface area contributed by atoms with E-state index in [1.165, 1.54) is 6.07 Å². The summed E-state index contributed by atoms with van der Waals surface area (Å²) in [6.45, 7) is 7.14. The minimum Gasteiger partial charge on any atom is -0.489 e. The third kappa shape index (κ3) is 5.56. The van der Waals surface area contributed by atoms with Crippen LogP contribution >= 0.6 is 0 Å². The highest BCUT2D eigenvalue weighted by atomic mass is 16.6. The first-order valence-corrected chi connectivity index (χ1v) is 13.4. The highest BCUT2D eigenvalue weighted by molar-refractivity contribution is 5.97. The summed E-state index contributed by atoms with van der Waals surface area (Å²) in [5, 5.41) is 16.4. The Labute approximate surface area is 233 Å². The molecule has 0 aliphatic carbocycles. The van der Waals surface area contributed by atoms with E-state index in [1.807, 2.05) is 63.0 Å². The number of para-hydroxylation sites is 1. The fourth-order valence-electron chi connectivity index (χ4n) is 4.98. The van der Waals surface area contributed by atoms with Gasteiger partial charge in [-0.15, -0.1) is 0 Å². The molecular formula is C29H35N7O4. The van der Waals surface area contributed by atoms with Crippen LogP contribution in [0.1, 0.15) is 19.5 Å². The molecule has 1 N–H and O–H groups in total.